The number of nitrogens with zero attached hydrogens (tertiary/aromatic N) is 2. The summed E-state index contributed by atoms with van der Waals surface area (Å²) in [6.07, 6.45) is 0. The molecule has 4 heteroatoms. The van der Waals surface area contributed by atoms with E-state index in [1.165, 1.54) is 10.8 Å². The van der Waals surface area contributed by atoms with Gasteiger partial charge in [-0.3, -0.25) is 0 Å². The normalized spacial score (nSPS) is 11.7. The zero-order valence-electron chi connectivity index (χ0n) is 32.6. The predicted octanol–water partition coefficient (Wildman–Crippen LogP) is 13.4. The molecule has 0 spiro atoms. The monoisotopic (exact) mass is 784 g/mol. The molecule has 0 N–H and O–H groups in total. The van der Waals surface area contributed by atoms with E-state index in [2.05, 4.69) is 152 Å². The van der Waals surface area contributed by atoms with Crippen LogP contribution in [0.25, 0.3) is 88.1 Å². The first kappa shape index (κ1) is 35.7. The predicted molar refractivity (Wildman–Crippen MR) is 253 cm³/mol. The molecule has 0 aliphatic carbocycles. The second-order valence-electron chi connectivity index (χ2n) is 15.3. The Morgan fingerprint density at radius 3 is 1.22 bits per heavy atom. The highest BCUT2D eigenvalue weighted by atomic mass is 31.2. The molecule has 0 bridgehead atoms. The summed E-state index contributed by atoms with van der Waals surface area (Å²) in [5.74, 6) is 0.661. The number of aromatic nitrogens is 2. The molecule has 0 unspecified atom stereocenters. The van der Waals surface area contributed by atoms with Gasteiger partial charge in [0.1, 0.15) is 0 Å². The van der Waals surface area contributed by atoms with Crippen molar-refractivity contribution >= 4 is 66.1 Å². The Morgan fingerprint density at radius 2 is 0.717 bits per heavy atom. The van der Waals surface area contributed by atoms with Gasteiger partial charge in [0, 0.05) is 32.6 Å². The van der Waals surface area contributed by atoms with Gasteiger partial charge in [-0.15, -0.1) is 0 Å². The first-order chi connectivity index (χ1) is 29.6. The van der Waals surface area contributed by atoms with E-state index >= 15 is 4.57 Å². The third-order valence-corrected chi connectivity index (χ3v) is 14.8. The summed E-state index contributed by atoms with van der Waals surface area (Å²) in [6.45, 7) is 0. The van der Waals surface area contributed by atoms with Crippen LogP contribution in [0.1, 0.15) is 0 Å². The molecule has 60 heavy (non-hydrogen) atoms. The number of fused-ring (bicyclic) bond motifs is 4. The van der Waals surface area contributed by atoms with Gasteiger partial charge in [-0.05, 0) is 78.5 Å². The van der Waals surface area contributed by atoms with E-state index in [1.807, 2.05) is 72.8 Å². The highest BCUT2D eigenvalue weighted by Crippen LogP contribution is 2.46. The Hall–Kier alpha value is -7.45. The number of hydrogen-bond donors (Lipinski definition) is 0. The van der Waals surface area contributed by atoms with Crippen LogP contribution >= 0.6 is 7.14 Å². The van der Waals surface area contributed by atoms with Crippen molar-refractivity contribution in [3.8, 4) is 45.0 Å². The van der Waals surface area contributed by atoms with Crippen LogP contribution in [0.4, 0.5) is 0 Å². The average Bonchev–Trinajstić information content (AvgIpc) is 3.33. The minimum atomic E-state index is -3.22. The lowest BCUT2D eigenvalue weighted by Crippen LogP contribution is -2.25. The summed E-state index contributed by atoms with van der Waals surface area (Å²) >= 11 is 0. The van der Waals surface area contributed by atoms with Crippen molar-refractivity contribution in [1.29, 1.82) is 0 Å². The van der Waals surface area contributed by atoms with Crippen LogP contribution in [0.2, 0.25) is 0 Å². The maximum atomic E-state index is 15.6. The molecule has 0 aliphatic heterocycles. The van der Waals surface area contributed by atoms with E-state index in [0.717, 1.165) is 87.4 Å². The van der Waals surface area contributed by atoms with Gasteiger partial charge in [0.25, 0.3) is 0 Å². The highest BCUT2D eigenvalue weighted by molar-refractivity contribution is 7.85. The molecular weight excluding hydrogens is 748 g/mol. The molecule has 0 atom stereocenters. The lowest BCUT2D eigenvalue weighted by molar-refractivity contribution is 0.592. The largest absolute Gasteiger partial charge is 0.309 e. The molecule has 11 rings (SSSR count). The van der Waals surface area contributed by atoms with E-state index in [0.29, 0.717) is 5.82 Å². The quantitative estimate of drug-likeness (QED) is 0.119. The van der Waals surface area contributed by atoms with Gasteiger partial charge in [0.15, 0.2) is 13.0 Å². The van der Waals surface area contributed by atoms with Crippen molar-refractivity contribution in [2.45, 2.75) is 0 Å². The van der Waals surface area contributed by atoms with Gasteiger partial charge in [-0.25, -0.2) is 9.97 Å². The van der Waals surface area contributed by atoms with Crippen molar-refractivity contribution in [1.82, 2.24) is 9.97 Å². The van der Waals surface area contributed by atoms with Crippen molar-refractivity contribution < 1.29 is 4.57 Å². The van der Waals surface area contributed by atoms with Crippen molar-refractivity contribution in [2.24, 2.45) is 0 Å². The number of benzene rings is 10. The molecule has 0 fully saturated rings. The summed E-state index contributed by atoms with van der Waals surface area (Å²) in [5.41, 5.74) is 6.84. The molecule has 11 aromatic rings. The van der Waals surface area contributed by atoms with Gasteiger partial charge in [0.05, 0.1) is 11.4 Å². The smallest absolute Gasteiger partial charge is 0.171 e. The van der Waals surface area contributed by atoms with Crippen LogP contribution in [-0.2, 0) is 4.57 Å². The Bertz CT molecular complexity index is 3270. The van der Waals surface area contributed by atoms with Gasteiger partial charge in [-0.2, -0.15) is 0 Å². The van der Waals surface area contributed by atoms with Crippen LogP contribution in [0.5, 0.6) is 0 Å². The maximum absolute atomic E-state index is 15.6. The standard InChI is InChI=1S/C56H37N2OP/c59-60(45-21-3-1-4-22-45,46-23-5-2-6-24-46)47-25-15-20-44(36-47)54-48-26-11-13-28-50(48)55(51-29-14-12-27-49(51)54)56-57-52(42-32-30-38-16-7-9-18-40(38)34-42)37-53(58-56)43-33-31-39-17-8-10-19-41(39)35-43/h1-37H. The molecular formula is C56H37N2OP. The van der Waals surface area contributed by atoms with Gasteiger partial charge in [-0.1, -0.05) is 200 Å². The first-order valence-corrected chi connectivity index (χ1v) is 22.0. The summed E-state index contributed by atoms with van der Waals surface area (Å²) in [4.78, 5) is 10.9. The zero-order chi connectivity index (χ0) is 40.0. The van der Waals surface area contributed by atoms with Crippen molar-refractivity contribution in [3.05, 3.63) is 224 Å². The maximum Gasteiger partial charge on any atom is 0.171 e. The summed E-state index contributed by atoms with van der Waals surface area (Å²) in [7, 11) is -3.22. The Balaban J connectivity index is 1.16. The van der Waals surface area contributed by atoms with Gasteiger partial charge < -0.3 is 4.57 Å². The van der Waals surface area contributed by atoms with Gasteiger partial charge >= 0.3 is 0 Å². The third kappa shape index (κ3) is 6.11. The van der Waals surface area contributed by atoms with Crippen LogP contribution in [0, 0.1) is 0 Å². The van der Waals surface area contributed by atoms with Crippen LogP contribution in [0.15, 0.2) is 224 Å². The SMILES string of the molecule is O=P(c1ccccc1)(c1ccccc1)c1cccc(-c2c3ccccc3c(-c3nc(-c4ccc5ccccc5c4)cc(-c4ccc5ccccc5c4)n3)c3ccccc23)c1. The Morgan fingerprint density at radius 1 is 0.300 bits per heavy atom. The Kier molecular flexibility index (Phi) is 8.77. The second-order valence-corrected chi connectivity index (χ2v) is 18.0. The molecule has 0 amide bonds. The average molecular weight is 785 g/mol. The molecule has 0 radical (unpaired) electrons. The fourth-order valence-corrected chi connectivity index (χ4v) is 11.5. The van der Waals surface area contributed by atoms with Crippen molar-refractivity contribution in [3.63, 3.8) is 0 Å². The third-order valence-electron chi connectivity index (χ3n) is 11.7. The second kappa shape index (κ2) is 14.7. The number of rotatable bonds is 7. The van der Waals surface area contributed by atoms with Gasteiger partial charge in [0.2, 0.25) is 0 Å². The molecule has 0 saturated heterocycles. The molecule has 1 aromatic heterocycles. The topological polar surface area (TPSA) is 42.9 Å². The van der Waals surface area contributed by atoms with E-state index in [4.69, 9.17) is 9.97 Å². The molecule has 282 valence electrons. The molecule has 1 heterocycles. The van der Waals surface area contributed by atoms with E-state index < -0.39 is 7.14 Å². The van der Waals surface area contributed by atoms with Crippen LogP contribution < -0.4 is 15.9 Å². The molecule has 3 nitrogen and oxygen atoms in total. The first-order valence-electron chi connectivity index (χ1n) is 20.3. The van der Waals surface area contributed by atoms with E-state index in [-0.39, 0.29) is 0 Å². The summed E-state index contributed by atoms with van der Waals surface area (Å²) < 4.78 is 15.6. The van der Waals surface area contributed by atoms with E-state index in [1.54, 1.807) is 0 Å². The summed E-state index contributed by atoms with van der Waals surface area (Å²) in [5, 5.41) is 11.3. The fraction of sp³-hybridized carbons (Fsp3) is 0. The number of hydrogen-bond acceptors (Lipinski definition) is 3. The molecule has 0 aliphatic rings. The summed E-state index contributed by atoms with van der Waals surface area (Å²) in [6, 6.07) is 77.4. The van der Waals surface area contributed by atoms with Crippen LogP contribution in [0.3, 0.4) is 0 Å². The lowest BCUT2D eigenvalue weighted by atomic mass is 9.88. The van der Waals surface area contributed by atoms with Crippen LogP contribution in [-0.4, -0.2) is 9.97 Å². The Labute approximate surface area is 348 Å². The lowest BCUT2D eigenvalue weighted by Gasteiger charge is -2.22. The highest BCUT2D eigenvalue weighted by Gasteiger charge is 2.30. The minimum Gasteiger partial charge on any atom is -0.309 e. The molecule has 10 aromatic carbocycles. The van der Waals surface area contributed by atoms with Crippen molar-refractivity contribution in [2.75, 3.05) is 0 Å². The van der Waals surface area contributed by atoms with E-state index in [9.17, 15) is 0 Å². The molecule has 0 saturated carbocycles. The minimum absolute atomic E-state index is 0.661. The fourth-order valence-electron chi connectivity index (χ4n) is 8.81. The zero-order valence-corrected chi connectivity index (χ0v) is 33.5.